The minimum atomic E-state index is -0.0912. The summed E-state index contributed by atoms with van der Waals surface area (Å²) >= 11 is 0. The lowest BCUT2D eigenvalue weighted by atomic mass is 9.87. The molecule has 1 heterocycles. The minimum absolute atomic E-state index is 0.0912. The zero-order valence-corrected chi connectivity index (χ0v) is 9.89. The van der Waals surface area contributed by atoms with E-state index >= 15 is 0 Å². The van der Waals surface area contributed by atoms with Gasteiger partial charge < -0.3 is 15.0 Å². The Morgan fingerprint density at radius 3 is 3.19 bits per heavy atom. The Morgan fingerprint density at radius 2 is 2.44 bits per heavy atom. The van der Waals surface area contributed by atoms with Crippen LogP contribution in [0.3, 0.4) is 0 Å². The Kier molecular flexibility index (Phi) is 3.83. The molecule has 0 aromatic carbocycles. The predicted molar refractivity (Wildman–Crippen MR) is 64.4 cm³/mol. The van der Waals surface area contributed by atoms with Crippen molar-refractivity contribution in [1.82, 2.24) is 9.55 Å². The van der Waals surface area contributed by atoms with Gasteiger partial charge in [0.15, 0.2) is 0 Å². The van der Waals surface area contributed by atoms with Crippen LogP contribution in [0.5, 0.6) is 0 Å². The van der Waals surface area contributed by atoms with Crippen LogP contribution in [-0.4, -0.2) is 27.3 Å². The third-order valence-corrected chi connectivity index (χ3v) is 3.36. The molecule has 16 heavy (non-hydrogen) atoms. The largest absolute Gasteiger partial charge is 0.393 e. The van der Waals surface area contributed by atoms with Crippen LogP contribution in [0.1, 0.15) is 32.6 Å². The van der Waals surface area contributed by atoms with Gasteiger partial charge in [-0.3, -0.25) is 0 Å². The fourth-order valence-corrected chi connectivity index (χ4v) is 2.42. The van der Waals surface area contributed by atoms with Gasteiger partial charge in [-0.25, -0.2) is 4.98 Å². The lowest BCUT2D eigenvalue weighted by Gasteiger charge is -2.26. The van der Waals surface area contributed by atoms with E-state index in [-0.39, 0.29) is 6.10 Å². The summed E-state index contributed by atoms with van der Waals surface area (Å²) in [5.74, 6) is 1.54. The number of aryl methyl sites for hydroxylation is 1. The zero-order chi connectivity index (χ0) is 11.4. The maximum absolute atomic E-state index is 9.59. The minimum Gasteiger partial charge on any atom is -0.393 e. The monoisotopic (exact) mass is 223 g/mol. The van der Waals surface area contributed by atoms with Crippen molar-refractivity contribution < 1.29 is 5.11 Å². The molecule has 90 valence electrons. The maximum atomic E-state index is 9.59. The van der Waals surface area contributed by atoms with Crippen LogP contribution in [0.2, 0.25) is 0 Å². The molecule has 2 rings (SSSR count). The topological polar surface area (TPSA) is 50.1 Å². The van der Waals surface area contributed by atoms with E-state index in [2.05, 4.69) is 21.8 Å². The zero-order valence-electron chi connectivity index (χ0n) is 9.89. The highest BCUT2D eigenvalue weighted by molar-refractivity contribution is 5.25. The number of anilines is 1. The van der Waals surface area contributed by atoms with Gasteiger partial charge in [-0.15, -0.1) is 0 Å². The number of imidazole rings is 1. The van der Waals surface area contributed by atoms with Crippen molar-refractivity contribution in [2.24, 2.45) is 5.92 Å². The van der Waals surface area contributed by atoms with Gasteiger partial charge in [0.05, 0.1) is 6.10 Å². The summed E-state index contributed by atoms with van der Waals surface area (Å²) in [4.78, 5) is 4.28. The van der Waals surface area contributed by atoms with Crippen molar-refractivity contribution in [3.63, 3.8) is 0 Å². The van der Waals surface area contributed by atoms with Crippen LogP contribution >= 0.6 is 0 Å². The number of nitrogens with zero attached hydrogens (tertiary/aromatic N) is 2. The summed E-state index contributed by atoms with van der Waals surface area (Å²) in [6.07, 6.45) is 7.98. The molecule has 0 radical (unpaired) electrons. The van der Waals surface area contributed by atoms with Crippen molar-refractivity contribution in [2.75, 3.05) is 11.9 Å². The molecule has 1 aromatic heterocycles. The smallest absolute Gasteiger partial charge is 0.202 e. The third kappa shape index (κ3) is 2.76. The highest BCUT2D eigenvalue weighted by Gasteiger charge is 2.20. The summed E-state index contributed by atoms with van der Waals surface area (Å²) in [7, 11) is 0. The van der Waals surface area contributed by atoms with E-state index in [9.17, 15) is 5.11 Å². The Hall–Kier alpha value is -1.03. The highest BCUT2D eigenvalue weighted by Crippen LogP contribution is 2.24. The van der Waals surface area contributed by atoms with Crippen molar-refractivity contribution in [3.05, 3.63) is 12.4 Å². The third-order valence-electron chi connectivity index (χ3n) is 3.36. The van der Waals surface area contributed by atoms with Gasteiger partial charge in [0.1, 0.15) is 0 Å². The Bertz CT molecular complexity index is 324. The number of nitrogens with one attached hydrogen (secondary N) is 1. The molecule has 1 fully saturated rings. The van der Waals surface area contributed by atoms with E-state index < -0.39 is 0 Å². The van der Waals surface area contributed by atoms with Gasteiger partial charge >= 0.3 is 0 Å². The molecule has 0 amide bonds. The predicted octanol–water partition coefficient (Wildman–Crippen LogP) is 1.87. The first-order chi connectivity index (χ1) is 7.79. The van der Waals surface area contributed by atoms with Crippen LogP contribution in [0, 0.1) is 5.92 Å². The van der Waals surface area contributed by atoms with Crippen LogP contribution in [-0.2, 0) is 6.54 Å². The average Bonchev–Trinajstić information content (AvgIpc) is 2.74. The first-order valence-electron chi connectivity index (χ1n) is 6.22. The maximum Gasteiger partial charge on any atom is 0.202 e. The number of rotatable bonds is 4. The van der Waals surface area contributed by atoms with Gasteiger partial charge in [0.2, 0.25) is 5.95 Å². The summed E-state index contributed by atoms with van der Waals surface area (Å²) in [5.41, 5.74) is 0. The van der Waals surface area contributed by atoms with Gasteiger partial charge in [-0.2, -0.15) is 0 Å². The van der Waals surface area contributed by atoms with E-state index in [1.54, 1.807) is 0 Å². The van der Waals surface area contributed by atoms with Crippen LogP contribution in [0.25, 0.3) is 0 Å². The van der Waals surface area contributed by atoms with E-state index in [1.807, 2.05) is 12.4 Å². The molecule has 0 spiro atoms. The van der Waals surface area contributed by atoms with Crippen LogP contribution < -0.4 is 5.32 Å². The second-order valence-electron chi connectivity index (χ2n) is 4.60. The van der Waals surface area contributed by atoms with Crippen molar-refractivity contribution in [2.45, 2.75) is 45.3 Å². The average molecular weight is 223 g/mol. The summed E-state index contributed by atoms with van der Waals surface area (Å²) < 4.78 is 2.10. The normalized spacial score (nSPS) is 25.6. The number of hydrogen-bond acceptors (Lipinski definition) is 3. The Balaban J connectivity index is 1.82. The lowest BCUT2D eigenvalue weighted by molar-refractivity contribution is 0.104. The molecule has 1 aromatic rings. The van der Waals surface area contributed by atoms with Crippen molar-refractivity contribution in [1.29, 1.82) is 0 Å². The second kappa shape index (κ2) is 5.34. The molecule has 2 N–H and O–H groups in total. The fraction of sp³-hybridized carbons (Fsp3) is 0.750. The molecule has 0 saturated heterocycles. The van der Waals surface area contributed by atoms with E-state index in [0.29, 0.717) is 5.92 Å². The highest BCUT2D eigenvalue weighted by atomic mass is 16.3. The molecule has 1 aliphatic rings. The number of aliphatic hydroxyl groups excluding tert-OH is 1. The molecule has 4 heteroatoms. The first kappa shape index (κ1) is 11.5. The molecule has 1 saturated carbocycles. The fourth-order valence-electron chi connectivity index (χ4n) is 2.42. The molecule has 1 aliphatic carbocycles. The Labute approximate surface area is 96.7 Å². The van der Waals surface area contributed by atoms with E-state index in [0.717, 1.165) is 38.3 Å². The van der Waals surface area contributed by atoms with Crippen LogP contribution in [0.15, 0.2) is 12.4 Å². The van der Waals surface area contributed by atoms with Gasteiger partial charge in [-0.1, -0.05) is 6.42 Å². The standard InChI is InChI=1S/C12H21N3O/c1-2-15-7-6-13-12(15)14-9-10-4-3-5-11(16)8-10/h6-7,10-11,16H,2-5,8-9H2,1H3,(H,13,14). The second-order valence-corrected chi connectivity index (χ2v) is 4.60. The van der Waals surface area contributed by atoms with Gasteiger partial charge in [-0.05, 0) is 32.1 Å². The summed E-state index contributed by atoms with van der Waals surface area (Å²) in [6, 6.07) is 0. The van der Waals surface area contributed by atoms with E-state index in [1.165, 1.54) is 6.42 Å². The summed E-state index contributed by atoms with van der Waals surface area (Å²) in [6.45, 7) is 3.97. The molecule has 0 aliphatic heterocycles. The van der Waals surface area contributed by atoms with E-state index in [4.69, 9.17) is 0 Å². The van der Waals surface area contributed by atoms with Gasteiger partial charge in [0, 0.05) is 25.5 Å². The molecule has 0 bridgehead atoms. The van der Waals surface area contributed by atoms with Crippen LogP contribution in [0.4, 0.5) is 5.95 Å². The lowest BCUT2D eigenvalue weighted by Crippen LogP contribution is -2.25. The molecule has 2 atom stereocenters. The van der Waals surface area contributed by atoms with Crippen molar-refractivity contribution in [3.8, 4) is 0 Å². The molecule has 2 unspecified atom stereocenters. The SMILES string of the molecule is CCn1ccnc1NCC1CCCC(O)C1. The number of hydrogen-bond donors (Lipinski definition) is 2. The molecule has 4 nitrogen and oxygen atoms in total. The van der Waals surface area contributed by atoms with Gasteiger partial charge in [0.25, 0.3) is 0 Å². The Morgan fingerprint density at radius 1 is 1.56 bits per heavy atom. The van der Waals surface area contributed by atoms with Crippen molar-refractivity contribution >= 4 is 5.95 Å². The number of aromatic nitrogens is 2. The summed E-state index contributed by atoms with van der Waals surface area (Å²) in [5, 5.41) is 13.0. The number of aliphatic hydroxyl groups is 1. The quantitative estimate of drug-likeness (QED) is 0.819. The molecular weight excluding hydrogens is 202 g/mol. The molecular formula is C12H21N3O. The first-order valence-corrected chi connectivity index (χ1v) is 6.22.